The second-order valence-electron chi connectivity index (χ2n) is 4.08. The van der Waals surface area contributed by atoms with E-state index in [2.05, 4.69) is 5.10 Å². The van der Waals surface area contributed by atoms with E-state index in [0.29, 0.717) is 11.3 Å². The summed E-state index contributed by atoms with van der Waals surface area (Å²) in [7, 11) is 0. The van der Waals surface area contributed by atoms with Crippen molar-refractivity contribution in [2.45, 2.75) is 20.0 Å². The monoisotopic (exact) mass is 247 g/mol. The van der Waals surface area contributed by atoms with Gasteiger partial charge in [0.2, 0.25) is 0 Å². The average molecular weight is 247 g/mol. The van der Waals surface area contributed by atoms with Gasteiger partial charge < -0.3 is 5.11 Å². The van der Waals surface area contributed by atoms with E-state index in [9.17, 15) is 15.2 Å². The minimum atomic E-state index is -0.739. The second kappa shape index (κ2) is 4.58. The number of hydrogen-bond acceptors (Lipinski definition) is 4. The van der Waals surface area contributed by atoms with Crippen LogP contribution in [-0.4, -0.2) is 19.8 Å². The number of aliphatic hydroxyl groups is 1. The van der Waals surface area contributed by atoms with Crippen molar-refractivity contribution in [3.63, 3.8) is 0 Å². The summed E-state index contributed by atoms with van der Waals surface area (Å²) in [5, 5.41) is 24.7. The SMILES string of the molecule is Cc1ccn(-c2ccc([C@H](C)O)cc2[N+](=O)[O-])n1. The van der Waals surface area contributed by atoms with Crippen LogP contribution in [0.1, 0.15) is 24.3 Å². The maximum Gasteiger partial charge on any atom is 0.295 e. The molecule has 18 heavy (non-hydrogen) atoms. The molecular weight excluding hydrogens is 234 g/mol. The Hall–Kier alpha value is -2.21. The molecule has 1 atom stereocenters. The number of benzene rings is 1. The molecule has 0 fully saturated rings. The molecule has 0 aliphatic rings. The number of rotatable bonds is 3. The smallest absolute Gasteiger partial charge is 0.295 e. The van der Waals surface area contributed by atoms with Crippen LogP contribution in [0.3, 0.4) is 0 Å². The number of aryl methyl sites for hydroxylation is 1. The van der Waals surface area contributed by atoms with Crippen LogP contribution in [0.2, 0.25) is 0 Å². The Morgan fingerprint density at radius 3 is 2.67 bits per heavy atom. The third kappa shape index (κ3) is 2.23. The van der Waals surface area contributed by atoms with Crippen LogP contribution in [0.15, 0.2) is 30.5 Å². The standard InChI is InChI=1S/C12H13N3O3/c1-8-5-6-14(13-8)11-4-3-10(9(2)16)7-12(11)15(17)18/h3-7,9,16H,1-2H3/t9-/m0/s1. The molecule has 0 aliphatic heterocycles. The highest BCUT2D eigenvalue weighted by Crippen LogP contribution is 2.26. The Labute approximate surface area is 104 Å². The van der Waals surface area contributed by atoms with Crippen molar-refractivity contribution < 1.29 is 10.0 Å². The Kier molecular flexibility index (Phi) is 3.12. The van der Waals surface area contributed by atoms with E-state index in [-0.39, 0.29) is 5.69 Å². The fourth-order valence-corrected chi connectivity index (χ4v) is 1.69. The van der Waals surface area contributed by atoms with Crippen LogP contribution < -0.4 is 0 Å². The summed E-state index contributed by atoms with van der Waals surface area (Å²) in [6.07, 6.45) is 0.928. The van der Waals surface area contributed by atoms with Gasteiger partial charge in [-0.1, -0.05) is 6.07 Å². The highest BCUT2D eigenvalue weighted by Gasteiger charge is 2.18. The van der Waals surface area contributed by atoms with Crippen molar-refractivity contribution in [3.8, 4) is 5.69 Å². The summed E-state index contributed by atoms with van der Waals surface area (Å²) < 4.78 is 1.46. The molecule has 0 radical (unpaired) electrons. The van der Waals surface area contributed by atoms with Crippen molar-refractivity contribution in [2.24, 2.45) is 0 Å². The molecule has 0 spiro atoms. The lowest BCUT2D eigenvalue weighted by molar-refractivity contribution is -0.384. The van der Waals surface area contributed by atoms with Crippen molar-refractivity contribution in [3.05, 3.63) is 51.8 Å². The largest absolute Gasteiger partial charge is 0.389 e. The maximum atomic E-state index is 11.1. The first kappa shape index (κ1) is 12.3. The molecule has 0 saturated heterocycles. The van der Waals surface area contributed by atoms with Crippen molar-refractivity contribution in [1.82, 2.24) is 9.78 Å². The van der Waals surface area contributed by atoms with Crippen LogP contribution in [0.4, 0.5) is 5.69 Å². The van der Waals surface area contributed by atoms with Gasteiger partial charge in [-0.15, -0.1) is 0 Å². The molecule has 2 rings (SSSR count). The lowest BCUT2D eigenvalue weighted by Gasteiger charge is -2.07. The van der Waals surface area contributed by atoms with E-state index < -0.39 is 11.0 Å². The van der Waals surface area contributed by atoms with Gasteiger partial charge in [-0.2, -0.15) is 5.10 Å². The highest BCUT2D eigenvalue weighted by atomic mass is 16.6. The molecule has 0 bridgehead atoms. The fraction of sp³-hybridized carbons (Fsp3) is 0.250. The maximum absolute atomic E-state index is 11.1. The lowest BCUT2D eigenvalue weighted by atomic mass is 10.1. The van der Waals surface area contributed by atoms with E-state index in [1.165, 1.54) is 10.7 Å². The third-order valence-electron chi connectivity index (χ3n) is 2.65. The number of nitro groups is 1. The molecular formula is C12H13N3O3. The first-order valence-corrected chi connectivity index (χ1v) is 5.48. The molecule has 6 heteroatoms. The van der Waals surface area contributed by atoms with Gasteiger partial charge in [-0.05, 0) is 31.5 Å². The van der Waals surface area contributed by atoms with Gasteiger partial charge in [0.25, 0.3) is 5.69 Å². The topological polar surface area (TPSA) is 81.2 Å². The lowest BCUT2D eigenvalue weighted by Crippen LogP contribution is -2.03. The third-order valence-corrected chi connectivity index (χ3v) is 2.65. The van der Waals surface area contributed by atoms with Crippen LogP contribution in [0, 0.1) is 17.0 Å². The summed E-state index contributed by atoms with van der Waals surface area (Å²) in [4.78, 5) is 10.6. The molecule has 1 heterocycles. The summed E-state index contributed by atoms with van der Waals surface area (Å²) >= 11 is 0. The van der Waals surface area contributed by atoms with E-state index >= 15 is 0 Å². The van der Waals surface area contributed by atoms with Crippen LogP contribution >= 0.6 is 0 Å². The number of aliphatic hydroxyl groups excluding tert-OH is 1. The van der Waals surface area contributed by atoms with Gasteiger partial charge >= 0.3 is 0 Å². The number of aromatic nitrogens is 2. The summed E-state index contributed by atoms with van der Waals surface area (Å²) in [5.41, 5.74) is 1.60. The zero-order valence-electron chi connectivity index (χ0n) is 10.1. The van der Waals surface area contributed by atoms with Crippen LogP contribution in [-0.2, 0) is 0 Å². The number of nitro benzene ring substituents is 1. The summed E-state index contributed by atoms with van der Waals surface area (Å²) in [6.45, 7) is 3.38. The van der Waals surface area contributed by atoms with Gasteiger partial charge in [0.15, 0.2) is 0 Å². The molecule has 0 amide bonds. The molecule has 1 aromatic carbocycles. The van der Waals surface area contributed by atoms with E-state index in [4.69, 9.17) is 0 Å². The Bertz CT molecular complexity index is 590. The molecule has 0 unspecified atom stereocenters. The summed E-state index contributed by atoms with van der Waals surface area (Å²) in [6, 6.07) is 6.39. The Morgan fingerprint density at radius 1 is 1.44 bits per heavy atom. The molecule has 1 aromatic heterocycles. The van der Waals surface area contributed by atoms with Gasteiger partial charge in [0.05, 0.1) is 16.7 Å². The number of nitrogens with zero attached hydrogens (tertiary/aromatic N) is 3. The molecule has 6 nitrogen and oxygen atoms in total. The second-order valence-corrected chi connectivity index (χ2v) is 4.08. The van der Waals surface area contributed by atoms with E-state index in [1.807, 2.05) is 6.92 Å². The first-order chi connectivity index (χ1) is 8.49. The van der Waals surface area contributed by atoms with Crippen molar-refractivity contribution in [2.75, 3.05) is 0 Å². The zero-order valence-corrected chi connectivity index (χ0v) is 10.1. The van der Waals surface area contributed by atoms with Crippen LogP contribution in [0.5, 0.6) is 0 Å². The molecule has 2 aromatic rings. The van der Waals surface area contributed by atoms with Crippen LogP contribution in [0.25, 0.3) is 5.69 Å². The first-order valence-electron chi connectivity index (χ1n) is 5.48. The minimum absolute atomic E-state index is 0.0727. The molecule has 94 valence electrons. The van der Waals surface area contributed by atoms with Gasteiger partial charge in [-0.25, -0.2) is 4.68 Å². The highest BCUT2D eigenvalue weighted by molar-refractivity contribution is 5.54. The zero-order chi connectivity index (χ0) is 13.3. The fourth-order valence-electron chi connectivity index (χ4n) is 1.69. The normalized spacial score (nSPS) is 12.4. The Balaban J connectivity index is 2.57. The molecule has 0 aliphatic carbocycles. The molecule has 1 N–H and O–H groups in total. The van der Waals surface area contributed by atoms with E-state index in [0.717, 1.165) is 5.69 Å². The van der Waals surface area contributed by atoms with Gasteiger partial charge in [0, 0.05) is 12.3 Å². The van der Waals surface area contributed by atoms with Gasteiger partial charge in [-0.3, -0.25) is 10.1 Å². The van der Waals surface area contributed by atoms with Crippen molar-refractivity contribution in [1.29, 1.82) is 0 Å². The summed E-state index contributed by atoms with van der Waals surface area (Å²) in [5.74, 6) is 0. The molecule has 0 saturated carbocycles. The average Bonchev–Trinajstić information content (AvgIpc) is 2.74. The predicted octanol–water partition coefficient (Wildman–Crippen LogP) is 2.14. The van der Waals surface area contributed by atoms with Crippen molar-refractivity contribution >= 4 is 5.69 Å². The Morgan fingerprint density at radius 2 is 2.17 bits per heavy atom. The van der Waals surface area contributed by atoms with Gasteiger partial charge in [0.1, 0.15) is 5.69 Å². The minimum Gasteiger partial charge on any atom is -0.389 e. The number of hydrogen-bond donors (Lipinski definition) is 1. The quantitative estimate of drug-likeness (QED) is 0.665. The van der Waals surface area contributed by atoms with E-state index in [1.54, 1.807) is 31.3 Å². The predicted molar refractivity (Wildman–Crippen MR) is 65.6 cm³/mol.